The van der Waals surface area contributed by atoms with Crippen molar-refractivity contribution in [1.29, 1.82) is 0 Å². The van der Waals surface area contributed by atoms with Crippen LogP contribution in [0.3, 0.4) is 0 Å². The van der Waals surface area contributed by atoms with Gasteiger partial charge in [-0.15, -0.1) is 0 Å². The molecular weight excluding hydrogens is 533 g/mol. The Balaban J connectivity index is 2.06. The molecule has 0 radical (unpaired) electrons. The molecule has 0 aliphatic rings. The third kappa shape index (κ3) is 7.59. The van der Waals surface area contributed by atoms with Crippen LogP contribution in [0, 0.1) is 12.7 Å². The number of halogens is 1. The number of hydrogen-bond donors (Lipinski definition) is 1. The van der Waals surface area contributed by atoms with Gasteiger partial charge in [0.15, 0.2) is 0 Å². The molecule has 3 aromatic carbocycles. The molecule has 1 atom stereocenters. The van der Waals surface area contributed by atoms with E-state index in [2.05, 4.69) is 5.32 Å². The molecule has 214 valence electrons. The van der Waals surface area contributed by atoms with Crippen LogP contribution in [0.1, 0.15) is 38.3 Å². The largest absolute Gasteiger partial charge is 0.497 e. The van der Waals surface area contributed by atoms with E-state index in [9.17, 15) is 22.4 Å². The Morgan fingerprint density at radius 2 is 1.65 bits per heavy atom. The molecule has 10 heteroatoms. The molecule has 0 heterocycles. The summed E-state index contributed by atoms with van der Waals surface area (Å²) in [6.07, 6.45) is 0.317. The number of methoxy groups -OCH3 is 1. The van der Waals surface area contributed by atoms with Crippen molar-refractivity contribution in [2.75, 3.05) is 18.0 Å². The van der Waals surface area contributed by atoms with Gasteiger partial charge in [0.1, 0.15) is 24.2 Å². The smallest absolute Gasteiger partial charge is 0.264 e. The maximum atomic E-state index is 14.0. The number of carbonyl (C=O) groups is 2. The highest BCUT2D eigenvalue weighted by molar-refractivity contribution is 7.92. The van der Waals surface area contributed by atoms with Crippen molar-refractivity contribution in [3.63, 3.8) is 0 Å². The summed E-state index contributed by atoms with van der Waals surface area (Å²) in [6.45, 7) is 6.88. The molecule has 3 aromatic rings. The summed E-state index contributed by atoms with van der Waals surface area (Å²) in [6, 6.07) is 17.2. The lowest BCUT2D eigenvalue weighted by atomic mass is 10.1. The highest BCUT2D eigenvalue weighted by Gasteiger charge is 2.34. The zero-order valence-electron chi connectivity index (χ0n) is 23.4. The molecule has 0 unspecified atom stereocenters. The standard InChI is InChI=1S/C30H36FN3O5S/c1-6-28(30(36)32-21(2)3)33(19-23-9-7-8-22(4)18-23)29(35)20-34(25-12-10-24(31)11-13-25)40(37,38)27-16-14-26(39-5)15-17-27/h7-18,21,28H,6,19-20H2,1-5H3,(H,32,36)/t28-/m1/s1. The van der Waals surface area contributed by atoms with Crippen LogP contribution < -0.4 is 14.4 Å². The molecule has 0 fully saturated rings. The molecule has 0 saturated heterocycles. The Kier molecular flexibility index (Phi) is 10.3. The molecule has 8 nitrogen and oxygen atoms in total. The van der Waals surface area contributed by atoms with E-state index in [1.807, 2.05) is 45.0 Å². The molecular formula is C30H36FN3O5S. The van der Waals surface area contributed by atoms with Crippen LogP contribution in [0.2, 0.25) is 0 Å². The number of nitrogens with zero attached hydrogens (tertiary/aromatic N) is 2. The van der Waals surface area contributed by atoms with Crippen LogP contribution in [0.15, 0.2) is 77.7 Å². The van der Waals surface area contributed by atoms with Crippen molar-refractivity contribution < 1.29 is 27.1 Å². The van der Waals surface area contributed by atoms with Gasteiger partial charge < -0.3 is 15.0 Å². The molecule has 0 bridgehead atoms. The predicted octanol–water partition coefficient (Wildman–Crippen LogP) is 4.67. The van der Waals surface area contributed by atoms with Gasteiger partial charge in [0.2, 0.25) is 11.8 Å². The number of anilines is 1. The predicted molar refractivity (Wildman–Crippen MR) is 153 cm³/mol. The van der Waals surface area contributed by atoms with Gasteiger partial charge in [-0.3, -0.25) is 13.9 Å². The minimum Gasteiger partial charge on any atom is -0.497 e. The second kappa shape index (κ2) is 13.4. The van der Waals surface area contributed by atoms with Crippen LogP contribution in [-0.2, 0) is 26.2 Å². The minimum absolute atomic E-state index is 0.0692. The summed E-state index contributed by atoms with van der Waals surface area (Å²) in [7, 11) is -2.80. The first-order valence-corrected chi connectivity index (χ1v) is 14.5. The number of hydrogen-bond acceptors (Lipinski definition) is 5. The van der Waals surface area contributed by atoms with Crippen LogP contribution in [0.5, 0.6) is 5.75 Å². The minimum atomic E-state index is -4.26. The van der Waals surface area contributed by atoms with E-state index in [4.69, 9.17) is 4.74 Å². The topological polar surface area (TPSA) is 96.0 Å². The molecule has 2 amide bonds. The zero-order valence-corrected chi connectivity index (χ0v) is 24.2. The van der Waals surface area contributed by atoms with Gasteiger partial charge in [-0.05, 0) is 81.3 Å². The van der Waals surface area contributed by atoms with Gasteiger partial charge in [-0.1, -0.05) is 36.8 Å². The van der Waals surface area contributed by atoms with E-state index in [1.165, 1.54) is 48.4 Å². The van der Waals surface area contributed by atoms with Crippen molar-refractivity contribution >= 4 is 27.5 Å². The summed E-state index contributed by atoms with van der Waals surface area (Å²) in [5, 5.41) is 2.87. The van der Waals surface area contributed by atoms with Gasteiger partial charge in [-0.2, -0.15) is 0 Å². The first kappa shape index (κ1) is 30.6. The SMILES string of the molecule is CC[C@H](C(=O)NC(C)C)N(Cc1cccc(C)c1)C(=O)CN(c1ccc(F)cc1)S(=O)(=O)c1ccc(OC)cc1. The monoisotopic (exact) mass is 569 g/mol. The number of carbonyl (C=O) groups excluding carboxylic acids is 2. The number of nitrogens with one attached hydrogen (secondary N) is 1. The molecule has 3 rings (SSSR count). The summed E-state index contributed by atoms with van der Waals surface area (Å²) in [4.78, 5) is 28.5. The van der Waals surface area contributed by atoms with E-state index < -0.39 is 34.3 Å². The van der Waals surface area contributed by atoms with Gasteiger partial charge in [0.05, 0.1) is 17.7 Å². The van der Waals surface area contributed by atoms with Crippen molar-refractivity contribution in [2.24, 2.45) is 0 Å². The zero-order chi connectivity index (χ0) is 29.4. The molecule has 40 heavy (non-hydrogen) atoms. The quantitative estimate of drug-likeness (QED) is 0.342. The van der Waals surface area contributed by atoms with Crippen LogP contribution in [-0.4, -0.2) is 50.9 Å². The first-order chi connectivity index (χ1) is 19.0. The van der Waals surface area contributed by atoms with E-state index in [-0.39, 0.29) is 29.1 Å². The number of sulfonamides is 1. The van der Waals surface area contributed by atoms with E-state index in [0.29, 0.717) is 12.2 Å². The fraction of sp³-hybridized carbons (Fsp3) is 0.333. The normalized spacial score (nSPS) is 12.1. The Labute approximate surface area is 235 Å². The molecule has 0 aliphatic heterocycles. The third-order valence-corrected chi connectivity index (χ3v) is 8.08. The number of rotatable bonds is 12. The summed E-state index contributed by atoms with van der Waals surface area (Å²) in [5.41, 5.74) is 1.90. The van der Waals surface area contributed by atoms with Crippen molar-refractivity contribution in [3.8, 4) is 5.75 Å². The van der Waals surface area contributed by atoms with E-state index >= 15 is 0 Å². The Morgan fingerprint density at radius 1 is 1.00 bits per heavy atom. The van der Waals surface area contributed by atoms with Crippen LogP contribution in [0.4, 0.5) is 10.1 Å². The fourth-order valence-electron chi connectivity index (χ4n) is 4.32. The van der Waals surface area contributed by atoms with Gasteiger partial charge >= 0.3 is 0 Å². The summed E-state index contributed by atoms with van der Waals surface area (Å²) in [5.74, 6) is -0.984. The van der Waals surface area contributed by atoms with Gasteiger partial charge in [0, 0.05) is 12.6 Å². The fourth-order valence-corrected chi connectivity index (χ4v) is 5.73. The molecule has 0 spiro atoms. The third-order valence-electron chi connectivity index (χ3n) is 6.29. The molecule has 0 saturated carbocycles. The lowest BCUT2D eigenvalue weighted by Gasteiger charge is -2.33. The maximum Gasteiger partial charge on any atom is 0.264 e. The van der Waals surface area contributed by atoms with Crippen molar-refractivity contribution in [1.82, 2.24) is 10.2 Å². The lowest BCUT2D eigenvalue weighted by Crippen LogP contribution is -2.53. The second-order valence-corrected chi connectivity index (χ2v) is 11.6. The van der Waals surface area contributed by atoms with Crippen LogP contribution in [0.25, 0.3) is 0 Å². The number of benzene rings is 3. The van der Waals surface area contributed by atoms with Crippen molar-refractivity contribution in [2.45, 2.75) is 57.6 Å². The average molecular weight is 570 g/mol. The number of aryl methyl sites for hydroxylation is 1. The Morgan fingerprint density at radius 3 is 2.20 bits per heavy atom. The van der Waals surface area contributed by atoms with Gasteiger partial charge in [0.25, 0.3) is 10.0 Å². The van der Waals surface area contributed by atoms with E-state index in [1.54, 1.807) is 6.92 Å². The Hall–Kier alpha value is -3.92. The second-order valence-electron chi connectivity index (χ2n) is 9.76. The lowest BCUT2D eigenvalue weighted by molar-refractivity contribution is -0.140. The van der Waals surface area contributed by atoms with E-state index in [0.717, 1.165) is 27.6 Å². The van der Waals surface area contributed by atoms with Crippen LogP contribution >= 0.6 is 0 Å². The number of amides is 2. The molecule has 0 aliphatic carbocycles. The highest BCUT2D eigenvalue weighted by atomic mass is 32.2. The number of ether oxygens (including phenoxy) is 1. The summed E-state index contributed by atoms with van der Waals surface area (Å²) < 4.78 is 47.5. The highest BCUT2D eigenvalue weighted by Crippen LogP contribution is 2.26. The maximum absolute atomic E-state index is 14.0. The summed E-state index contributed by atoms with van der Waals surface area (Å²) >= 11 is 0. The Bertz CT molecular complexity index is 1410. The van der Waals surface area contributed by atoms with Crippen molar-refractivity contribution in [3.05, 3.63) is 89.7 Å². The van der Waals surface area contributed by atoms with Gasteiger partial charge in [-0.25, -0.2) is 12.8 Å². The average Bonchev–Trinajstić information content (AvgIpc) is 2.91. The first-order valence-electron chi connectivity index (χ1n) is 13.0. The molecule has 0 aromatic heterocycles. The molecule has 1 N–H and O–H groups in total.